The van der Waals surface area contributed by atoms with Crippen LogP contribution in [-0.4, -0.2) is 36.1 Å². The zero-order valence-corrected chi connectivity index (χ0v) is 10.6. The summed E-state index contributed by atoms with van der Waals surface area (Å²) in [7, 11) is 0. The van der Waals surface area contributed by atoms with Crippen LogP contribution in [0.25, 0.3) is 0 Å². The van der Waals surface area contributed by atoms with Crippen molar-refractivity contribution in [3.8, 4) is 0 Å². The van der Waals surface area contributed by atoms with Gasteiger partial charge in [-0.25, -0.2) is 0 Å². The van der Waals surface area contributed by atoms with Gasteiger partial charge < -0.3 is 5.32 Å². The van der Waals surface area contributed by atoms with Gasteiger partial charge in [-0.05, 0) is 39.0 Å². The van der Waals surface area contributed by atoms with E-state index in [2.05, 4.69) is 31.0 Å². The van der Waals surface area contributed by atoms with E-state index in [0.717, 1.165) is 12.0 Å². The Morgan fingerprint density at radius 3 is 2.80 bits per heavy atom. The molecule has 0 spiro atoms. The molecule has 2 nitrogen and oxygen atoms in total. The number of nitrogens with zero attached hydrogens (tertiary/aromatic N) is 1. The summed E-state index contributed by atoms with van der Waals surface area (Å²) < 4.78 is 0. The van der Waals surface area contributed by atoms with E-state index < -0.39 is 0 Å². The molecule has 0 aromatic heterocycles. The summed E-state index contributed by atoms with van der Waals surface area (Å²) in [4.78, 5) is 2.78. The van der Waals surface area contributed by atoms with E-state index in [1.165, 1.54) is 45.3 Å². The normalized spacial score (nSPS) is 35.4. The highest BCUT2D eigenvalue weighted by molar-refractivity contribution is 5.04. The lowest BCUT2D eigenvalue weighted by molar-refractivity contribution is 0.0188. The molecule has 2 fully saturated rings. The molecule has 0 amide bonds. The summed E-state index contributed by atoms with van der Waals surface area (Å²) in [5.41, 5.74) is 0.451. The van der Waals surface area contributed by atoms with E-state index in [0.29, 0.717) is 5.54 Å². The van der Waals surface area contributed by atoms with E-state index in [1.54, 1.807) is 0 Å². The highest BCUT2D eigenvalue weighted by atomic mass is 15.3. The molecular formula is C13H26N2. The van der Waals surface area contributed by atoms with Gasteiger partial charge in [0.15, 0.2) is 0 Å². The molecule has 0 aromatic rings. The van der Waals surface area contributed by atoms with E-state index in [-0.39, 0.29) is 0 Å². The van der Waals surface area contributed by atoms with Gasteiger partial charge >= 0.3 is 0 Å². The minimum absolute atomic E-state index is 0.451. The van der Waals surface area contributed by atoms with Gasteiger partial charge in [0.2, 0.25) is 0 Å². The first-order valence-electron chi connectivity index (χ1n) is 6.66. The summed E-state index contributed by atoms with van der Waals surface area (Å²) in [6.07, 6.45) is 5.56. The minimum atomic E-state index is 0.451. The molecule has 1 N–H and O–H groups in total. The van der Waals surface area contributed by atoms with Gasteiger partial charge in [0.25, 0.3) is 0 Å². The maximum Gasteiger partial charge on any atom is 0.0337 e. The average molecular weight is 210 g/mol. The number of hydrogen-bond acceptors (Lipinski definition) is 2. The van der Waals surface area contributed by atoms with Crippen LogP contribution in [0.15, 0.2) is 0 Å². The minimum Gasteiger partial charge on any atom is -0.314 e. The number of rotatable bonds is 4. The molecular weight excluding hydrogens is 184 g/mol. The van der Waals surface area contributed by atoms with Gasteiger partial charge in [0.1, 0.15) is 0 Å². The second-order valence-corrected chi connectivity index (χ2v) is 5.64. The molecule has 2 unspecified atom stereocenters. The lowest BCUT2D eigenvalue weighted by atomic mass is 9.89. The molecule has 2 aliphatic rings. The predicted molar refractivity (Wildman–Crippen MR) is 65.1 cm³/mol. The van der Waals surface area contributed by atoms with Crippen LogP contribution in [0, 0.1) is 5.92 Å². The monoisotopic (exact) mass is 210 g/mol. The lowest BCUT2D eigenvalue weighted by Gasteiger charge is -2.49. The molecule has 2 rings (SSSR count). The fourth-order valence-corrected chi connectivity index (χ4v) is 3.28. The zero-order chi connectivity index (χ0) is 10.9. The van der Waals surface area contributed by atoms with E-state index in [4.69, 9.17) is 0 Å². The third-order valence-corrected chi connectivity index (χ3v) is 4.36. The van der Waals surface area contributed by atoms with Crippen molar-refractivity contribution in [1.82, 2.24) is 10.2 Å². The molecule has 2 atom stereocenters. The Balaban J connectivity index is 2.04. The number of hydrogen-bond donors (Lipinski definition) is 1. The van der Waals surface area contributed by atoms with Crippen LogP contribution in [-0.2, 0) is 0 Å². The third kappa shape index (κ3) is 2.21. The quantitative estimate of drug-likeness (QED) is 0.765. The summed E-state index contributed by atoms with van der Waals surface area (Å²) in [5, 5.41) is 3.58. The fourth-order valence-electron chi connectivity index (χ4n) is 3.28. The molecule has 1 heterocycles. The first-order valence-corrected chi connectivity index (χ1v) is 6.66. The van der Waals surface area contributed by atoms with Crippen LogP contribution in [0.1, 0.15) is 46.5 Å². The molecule has 15 heavy (non-hydrogen) atoms. The molecule has 1 aliphatic carbocycles. The van der Waals surface area contributed by atoms with E-state index >= 15 is 0 Å². The summed E-state index contributed by atoms with van der Waals surface area (Å²) in [5.74, 6) is 0.963. The van der Waals surface area contributed by atoms with Gasteiger partial charge in [0, 0.05) is 31.2 Å². The van der Waals surface area contributed by atoms with Crippen LogP contribution < -0.4 is 5.32 Å². The van der Waals surface area contributed by atoms with E-state index in [9.17, 15) is 0 Å². The van der Waals surface area contributed by atoms with Crippen molar-refractivity contribution in [2.24, 2.45) is 5.92 Å². The largest absolute Gasteiger partial charge is 0.314 e. The van der Waals surface area contributed by atoms with Gasteiger partial charge in [-0.1, -0.05) is 13.3 Å². The second-order valence-electron chi connectivity index (χ2n) is 5.64. The van der Waals surface area contributed by atoms with Crippen molar-refractivity contribution < 1.29 is 0 Å². The van der Waals surface area contributed by atoms with Crippen LogP contribution in [0.4, 0.5) is 0 Å². The SMILES string of the molecule is CCCC(C)N1CCNCC1(C)C1CC1. The van der Waals surface area contributed by atoms with Crippen LogP contribution >= 0.6 is 0 Å². The molecule has 1 saturated carbocycles. The van der Waals surface area contributed by atoms with Gasteiger partial charge in [-0.15, -0.1) is 0 Å². The molecule has 0 radical (unpaired) electrons. The van der Waals surface area contributed by atoms with Crippen LogP contribution in [0.3, 0.4) is 0 Å². The van der Waals surface area contributed by atoms with Gasteiger partial charge in [0.05, 0.1) is 0 Å². The Labute approximate surface area is 94.4 Å². The summed E-state index contributed by atoms with van der Waals surface area (Å²) in [6, 6.07) is 0.766. The number of piperazine rings is 1. The maximum atomic E-state index is 3.58. The number of nitrogens with one attached hydrogen (secondary N) is 1. The average Bonchev–Trinajstić information content (AvgIpc) is 3.02. The van der Waals surface area contributed by atoms with Crippen molar-refractivity contribution in [2.75, 3.05) is 19.6 Å². The van der Waals surface area contributed by atoms with Crippen molar-refractivity contribution in [1.29, 1.82) is 0 Å². The Bertz CT molecular complexity index is 213. The fraction of sp³-hybridized carbons (Fsp3) is 1.00. The summed E-state index contributed by atoms with van der Waals surface area (Å²) >= 11 is 0. The Morgan fingerprint density at radius 1 is 1.47 bits per heavy atom. The summed E-state index contributed by atoms with van der Waals surface area (Å²) in [6.45, 7) is 10.8. The molecule has 0 aromatic carbocycles. The highest BCUT2D eigenvalue weighted by Gasteiger charge is 2.47. The van der Waals surface area contributed by atoms with Crippen LogP contribution in [0.2, 0.25) is 0 Å². The first kappa shape index (κ1) is 11.4. The predicted octanol–water partition coefficient (Wildman–Crippen LogP) is 2.25. The third-order valence-electron chi connectivity index (χ3n) is 4.36. The Morgan fingerprint density at radius 2 is 2.20 bits per heavy atom. The van der Waals surface area contributed by atoms with Crippen LogP contribution in [0.5, 0.6) is 0 Å². The second kappa shape index (κ2) is 4.42. The van der Waals surface area contributed by atoms with Crippen molar-refractivity contribution in [3.05, 3.63) is 0 Å². The highest BCUT2D eigenvalue weighted by Crippen LogP contribution is 2.44. The standard InChI is InChI=1S/C13H26N2/c1-4-5-11(2)15-9-8-14-10-13(15,3)12-6-7-12/h11-12,14H,4-10H2,1-3H3. The van der Waals surface area contributed by atoms with Gasteiger partial charge in [-0.3, -0.25) is 4.90 Å². The van der Waals surface area contributed by atoms with Gasteiger partial charge in [-0.2, -0.15) is 0 Å². The van der Waals surface area contributed by atoms with E-state index in [1.807, 2.05) is 0 Å². The van der Waals surface area contributed by atoms with Crippen molar-refractivity contribution in [3.63, 3.8) is 0 Å². The lowest BCUT2D eigenvalue weighted by Crippen LogP contribution is -2.63. The molecule has 0 bridgehead atoms. The molecule has 2 heteroatoms. The van der Waals surface area contributed by atoms with Crippen molar-refractivity contribution in [2.45, 2.75) is 58.0 Å². The smallest absolute Gasteiger partial charge is 0.0337 e. The topological polar surface area (TPSA) is 15.3 Å². The maximum absolute atomic E-state index is 3.58. The first-order chi connectivity index (χ1) is 7.18. The molecule has 1 aliphatic heterocycles. The molecule has 88 valence electrons. The Hall–Kier alpha value is -0.0800. The Kier molecular flexibility index (Phi) is 3.36. The van der Waals surface area contributed by atoms with Crippen molar-refractivity contribution >= 4 is 0 Å². The zero-order valence-electron chi connectivity index (χ0n) is 10.6. The molecule has 1 saturated heterocycles.